The second kappa shape index (κ2) is 8.33. The summed E-state index contributed by atoms with van der Waals surface area (Å²) in [6.07, 6.45) is 2.93. The van der Waals surface area contributed by atoms with E-state index < -0.39 is 0 Å². The first kappa shape index (κ1) is 19.6. The Labute approximate surface area is 174 Å². The van der Waals surface area contributed by atoms with Gasteiger partial charge in [0.2, 0.25) is 5.91 Å². The number of benzene rings is 2. The largest absolute Gasteiger partial charge is 0.493 e. The molecule has 0 radical (unpaired) electrons. The van der Waals surface area contributed by atoms with Crippen molar-refractivity contribution in [2.75, 3.05) is 20.8 Å². The zero-order chi connectivity index (χ0) is 20.4. The summed E-state index contributed by atoms with van der Waals surface area (Å²) in [6, 6.07) is 11.5. The second-order valence-corrected chi connectivity index (χ2v) is 7.64. The van der Waals surface area contributed by atoms with Crippen LogP contribution in [0.15, 0.2) is 36.4 Å². The Kier molecular flexibility index (Phi) is 5.62. The molecule has 1 amide bonds. The molecule has 0 spiro atoms. The normalized spacial score (nSPS) is 16.4. The van der Waals surface area contributed by atoms with E-state index in [4.69, 9.17) is 21.1 Å². The molecule has 0 saturated carbocycles. The van der Waals surface area contributed by atoms with Gasteiger partial charge in [0.15, 0.2) is 11.5 Å². The van der Waals surface area contributed by atoms with Gasteiger partial charge in [0.05, 0.1) is 31.3 Å². The molecule has 29 heavy (non-hydrogen) atoms. The lowest BCUT2D eigenvalue weighted by atomic mass is 10.0. The Morgan fingerprint density at radius 2 is 2.03 bits per heavy atom. The van der Waals surface area contributed by atoms with Gasteiger partial charge >= 0.3 is 0 Å². The van der Waals surface area contributed by atoms with E-state index in [9.17, 15) is 4.79 Å². The van der Waals surface area contributed by atoms with Gasteiger partial charge in [-0.3, -0.25) is 4.79 Å². The van der Waals surface area contributed by atoms with Crippen molar-refractivity contribution in [2.45, 2.75) is 31.7 Å². The van der Waals surface area contributed by atoms with E-state index in [1.165, 1.54) is 0 Å². The number of nitrogens with zero attached hydrogens (tertiary/aromatic N) is 2. The minimum absolute atomic E-state index is 0.0665. The maximum Gasteiger partial charge on any atom is 0.223 e. The zero-order valence-electron chi connectivity index (χ0n) is 16.6. The average Bonchev–Trinajstić information content (AvgIpc) is 3.38. The van der Waals surface area contributed by atoms with E-state index in [0.29, 0.717) is 29.4 Å². The van der Waals surface area contributed by atoms with Crippen LogP contribution in [-0.2, 0) is 11.2 Å². The standard InChI is InChI=1S/C22H24ClN3O3/c1-28-19-8-5-14(12-20(19)29-2)18-4-3-11-26(18)22(27)10-9-21-24-16-7-6-15(23)13-17(16)25-21/h5-8,12-13,18H,3-4,9-11H2,1-2H3,(H,24,25)/t18-/m0/s1. The lowest BCUT2D eigenvalue weighted by Gasteiger charge is -2.25. The summed E-state index contributed by atoms with van der Waals surface area (Å²) in [4.78, 5) is 22.7. The van der Waals surface area contributed by atoms with Crippen molar-refractivity contribution >= 4 is 28.5 Å². The van der Waals surface area contributed by atoms with Gasteiger partial charge in [-0.1, -0.05) is 17.7 Å². The molecule has 6 nitrogen and oxygen atoms in total. The highest BCUT2D eigenvalue weighted by molar-refractivity contribution is 6.31. The molecule has 2 aromatic carbocycles. The number of methoxy groups -OCH3 is 2. The number of ether oxygens (including phenoxy) is 2. The summed E-state index contributed by atoms with van der Waals surface area (Å²) in [7, 11) is 3.24. The second-order valence-electron chi connectivity index (χ2n) is 7.20. The van der Waals surface area contributed by atoms with Gasteiger partial charge in [-0.15, -0.1) is 0 Å². The number of carbonyl (C=O) groups is 1. The van der Waals surface area contributed by atoms with Crippen molar-refractivity contribution < 1.29 is 14.3 Å². The predicted octanol–water partition coefficient (Wildman–Crippen LogP) is 4.53. The van der Waals surface area contributed by atoms with Crippen LogP contribution in [0.25, 0.3) is 11.0 Å². The van der Waals surface area contributed by atoms with Crippen molar-refractivity contribution in [3.05, 3.63) is 52.8 Å². The number of fused-ring (bicyclic) bond motifs is 1. The third kappa shape index (κ3) is 4.03. The Morgan fingerprint density at radius 1 is 1.21 bits per heavy atom. The molecule has 152 valence electrons. The average molecular weight is 414 g/mol. The zero-order valence-corrected chi connectivity index (χ0v) is 17.3. The van der Waals surface area contributed by atoms with Crippen LogP contribution in [0.4, 0.5) is 0 Å². The van der Waals surface area contributed by atoms with E-state index in [2.05, 4.69) is 9.97 Å². The molecular formula is C22H24ClN3O3. The molecule has 1 N–H and O–H groups in total. The number of nitrogens with one attached hydrogen (secondary N) is 1. The lowest BCUT2D eigenvalue weighted by Crippen LogP contribution is -2.30. The molecule has 1 aromatic heterocycles. The van der Waals surface area contributed by atoms with Crippen molar-refractivity contribution in [1.82, 2.24) is 14.9 Å². The van der Waals surface area contributed by atoms with Crippen LogP contribution < -0.4 is 9.47 Å². The SMILES string of the molecule is COc1ccc([C@@H]2CCCN2C(=O)CCc2nc3ccc(Cl)cc3[nH]2)cc1OC. The Morgan fingerprint density at radius 3 is 2.83 bits per heavy atom. The fourth-order valence-corrected chi connectivity index (χ4v) is 4.17. The third-order valence-corrected chi connectivity index (χ3v) is 5.67. The van der Waals surface area contributed by atoms with Crippen LogP contribution in [0.2, 0.25) is 5.02 Å². The first-order chi connectivity index (χ1) is 14.1. The number of carbonyl (C=O) groups excluding carboxylic acids is 1. The number of likely N-dealkylation sites (tertiary alicyclic amines) is 1. The molecule has 0 aliphatic carbocycles. The highest BCUT2D eigenvalue weighted by Crippen LogP contribution is 2.37. The summed E-state index contributed by atoms with van der Waals surface area (Å²) in [5.41, 5.74) is 2.83. The number of hydrogen-bond acceptors (Lipinski definition) is 4. The van der Waals surface area contributed by atoms with Crippen LogP contribution in [-0.4, -0.2) is 41.5 Å². The quantitative estimate of drug-likeness (QED) is 0.644. The fraction of sp³-hybridized carbons (Fsp3) is 0.364. The minimum atomic E-state index is 0.0665. The van der Waals surface area contributed by atoms with Gasteiger partial charge in [-0.25, -0.2) is 4.98 Å². The number of aromatic nitrogens is 2. The molecule has 4 rings (SSSR count). The molecule has 1 atom stereocenters. The van der Waals surface area contributed by atoms with Crippen LogP contribution in [0.3, 0.4) is 0 Å². The lowest BCUT2D eigenvalue weighted by molar-refractivity contribution is -0.132. The number of amides is 1. The Bertz CT molecular complexity index is 1030. The molecule has 7 heteroatoms. The summed E-state index contributed by atoms with van der Waals surface area (Å²) in [5, 5.41) is 0.665. The summed E-state index contributed by atoms with van der Waals surface area (Å²) in [5.74, 6) is 2.32. The predicted molar refractivity (Wildman–Crippen MR) is 113 cm³/mol. The maximum atomic E-state index is 13.0. The summed E-state index contributed by atoms with van der Waals surface area (Å²) in [6.45, 7) is 0.771. The van der Waals surface area contributed by atoms with Gasteiger partial charge < -0.3 is 19.4 Å². The molecular weight excluding hydrogens is 390 g/mol. The minimum Gasteiger partial charge on any atom is -0.493 e. The van der Waals surface area contributed by atoms with E-state index in [0.717, 1.165) is 41.8 Å². The topological polar surface area (TPSA) is 67.5 Å². The molecule has 1 saturated heterocycles. The van der Waals surface area contributed by atoms with Crippen LogP contribution in [0, 0.1) is 0 Å². The molecule has 0 unspecified atom stereocenters. The van der Waals surface area contributed by atoms with Gasteiger partial charge in [0.25, 0.3) is 0 Å². The third-order valence-electron chi connectivity index (χ3n) is 5.43. The number of aryl methyl sites for hydroxylation is 1. The van der Waals surface area contributed by atoms with E-state index in [1.807, 2.05) is 41.3 Å². The molecule has 1 aliphatic rings. The number of halogens is 1. The van der Waals surface area contributed by atoms with Crippen LogP contribution in [0.1, 0.15) is 36.7 Å². The number of imidazole rings is 1. The summed E-state index contributed by atoms with van der Waals surface area (Å²) < 4.78 is 10.7. The van der Waals surface area contributed by atoms with Crippen LogP contribution in [0.5, 0.6) is 11.5 Å². The van der Waals surface area contributed by atoms with Crippen molar-refractivity contribution in [3.8, 4) is 11.5 Å². The molecule has 3 aromatic rings. The maximum absolute atomic E-state index is 13.0. The number of hydrogen-bond donors (Lipinski definition) is 1. The number of rotatable bonds is 6. The number of H-pyrrole nitrogens is 1. The van der Waals surface area contributed by atoms with Gasteiger partial charge in [-0.2, -0.15) is 0 Å². The number of aromatic amines is 1. The Hall–Kier alpha value is -2.73. The van der Waals surface area contributed by atoms with E-state index in [-0.39, 0.29) is 11.9 Å². The molecule has 0 bridgehead atoms. The molecule has 1 aliphatic heterocycles. The first-order valence-electron chi connectivity index (χ1n) is 9.74. The highest BCUT2D eigenvalue weighted by atomic mass is 35.5. The van der Waals surface area contributed by atoms with Gasteiger partial charge in [0.1, 0.15) is 5.82 Å². The molecule has 1 fully saturated rings. The first-order valence-corrected chi connectivity index (χ1v) is 10.1. The highest BCUT2D eigenvalue weighted by Gasteiger charge is 2.30. The van der Waals surface area contributed by atoms with Crippen LogP contribution >= 0.6 is 11.6 Å². The van der Waals surface area contributed by atoms with E-state index >= 15 is 0 Å². The van der Waals surface area contributed by atoms with Gasteiger partial charge in [0, 0.05) is 24.4 Å². The Balaban J connectivity index is 1.46. The van der Waals surface area contributed by atoms with Crippen molar-refractivity contribution in [3.63, 3.8) is 0 Å². The smallest absolute Gasteiger partial charge is 0.223 e. The molecule has 2 heterocycles. The van der Waals surface area contributed by atoms with Gasteiger partial charge in [-0.05, 0) is 48.7 Å². The fourth-order valence-electron chi connectivity index (χ4n) is 3.99. The summed E-state index contributed by atoms with van der Waals surface area (Å²) >= 11 is 6.03. The monoisotopic (exact) mass is 413 g/mol. The van der Waals surface area contributed by atoms with Crippen molar-refractivity contribution in [1.29, 1.82) is 0 Å². The van der Waals surface area contributed by atoms with E-state index in [1.54, 1.807) is 14.2 Å². The van der Waals surface area contributed by atoms with Crippen molar-refractivity contribution in [2.24, 2.45) is 0 Å².